The van der Waals surface area contributed by atoms with Gasteiger partial charge in [0.1, 0.15) is 4.21 Å². The lowest BCUT2D eigenvalue weighted by Gasteiger charge is -2.13. The van der Waals surface area contributed by atoms with Crippen LogP contribution >= 0.6 is 27.3 Å². The number of aryl methyl sites for hydroxylation is 1. The monoisotopic (exact) mass is 351 g/mol. The van der Waals surface area contributed by atoms with Gasteiger partial charge in [0.25, 0.3) is 10.0 Å². The lowest BCUT2D eigenvalue weighted by Crippen LogP contribution is -2.25. The third-order valence-electron chi connectivity index (χ3n) is 2.14. The van der Waals surface area contributed by atoms with Crippen molar-refractivity contribution in [3.63, 3.8) is 0 Å². The van der Waals surface area contributed by atoms with E-state index in [2.05, 4.69) is 26.1 Å². The molecule has 0 fully saturated rings. The molecule has 0 unspecified atom stereocenters. The van der Waals surface area contributed by atoms with Crippen molar-refractivity contribution in [2.45, 2.75) is 17.7 Å². The maximum Gasteiger partial charge on any atom is 0.252 e. The number of hydrogen-bond acceptors (Lipinski definition) is 6. The van der Waals surface area contributed by atoms with E-state index in [-0.39, 0.29) is 16.6 Å². The lowest BCUT2D eigenvalue weighted by atomic mass is 10.6. The maximum atomic E-state index is 12.2. The summed E-state index contributed by atoms with van der Waals surface area (Å²) in [6.07, 6.45) is 0. The van der Waals surface area contributed by atoms with Crippen molar-refractivity contribution < 1.29 is 12.9 Å². The number of sulfonamides is 1. The van der Waals surface area contributed by atoms with Gasteiger partial charge >= 0.3 is 0 Å². The minimum Gasteiger partial charge on any atom is -0.338 e. The second kappa shape index (κ2) is 5.08. The predicted octanol–water partition coefficient (Wildman–Crippen LogP) is 2.02. The van der Waals surface area contributed by atoms with Gasteiger partial charge in [-0.05, 0) is 35.0 Å². The van der Waals surface area contributed by atoms with E-state index < -0.39 is 10.0 Å². The van der Waals surface area contributed by atoms with Crippen LogP contribution in [-0.4, -0.2) is 29.9 Å². The molecule has 0 atom stereocenters. The molecule has 98 valence electrons. The highest BCUT2D eigenvalue weighted by atomic mass is 79.9. The molecule has 2 heterocycles. The van der Waals surface area contributed by atoms with Crippen molar-refractivity contribution in [3.05, 3.63) is 27.6 Å². The molecule has 0 aliphatic heterocycles. The van der Waals surface area contributed by atoms with Gasteiger partial charge < -0.3 is 4.52 Å². The van der Waals surface area contributed by atoms with Crippen LogP contribution in [0.5, 0.6) is 0 Å². The first kappa shape index (κ1) is 13.7. The summed E-state index contributed by atoms with van der Waals surface area (Å²) in [6.45, 7) is 1.73. The van der Waals surface area contributed by atoms with Gasteiger partial charge in [-0.1, -0.05) is 5.16 Å². The average molecular weight is 352 g/mol. The van der Waals surface area contributed by atoms with Gasteiger partial charge in [0.05, 0.1) is 10.3 Å². The molecule has 18 heavy (non-hydrogen) atoms. The van der Waals surface area contributed by atoms with Crippen molar-refractivity contribution in [3.8, 4) is 0 Å². The van der Waals surface area contributed by atoms with Crippen LogP contribution < -0.4 is 0 Å². The quantitative estimate of drug-likeness (QED) is 0.842. The Morgan fingerprint density at radius 3 is 2.72 bits per heavy atom. The second-order valence-electron chi connectivity index (χ2n) is 3.55. The number of halogens is 1. The van der Waals surface area contributed by atoms with E-state index in [1.807, 2.05) is 0 Å². The van der Waals surface area contributed by atoms with E-state index in [1.165, 1.54) is 11.4 Å². The Morgan fingerprint density at radius 2 is 2.22 bits per heavy atom. The zero-order chi connectivity index (χ0) is 13.3. The van der Waals surface area contributed by atoms with Crippen LogP contribution in [0.15, 0.2) is 24.7 Å². The van der Waals surface area contributed by atoms with Crippen LogP contribution in [0.4, 0.5) is 0 Å². The van der Waals surface area contributed by atoms with E-state index >= 15 is 0 Å². The van der Waals surface area contributed by atoms with Crippen molar-refractivity contribution in [1.29, 1.82) is 0 Å². The second-order valence-corrected chi connectivity index (χ2v) is 8.29. The van der Waals surface area contributed by atoms with Crippen LogP contribution in [0.25, 0.3) is 0 Å². The van der Waals surface area contributed by atoms with E-state index in [1.54, 1.807) is 19.1 Å². The summed E-state index contributed by atoms with van der Waals surface area (Å²) in [5.74, 6) is 0.754. The molecule has 0 aliphatic carbocycles. The smallest absolute Gasteiger partial charge is 0.252 e. The minimum atomic E-state index is -3.51. The standard InChI is InChI=1S/C9H10BrN3O3S2/c1-6-11-8(16-12-6)5-13(2)18(14,15)9-4-3-7(10)17-9/h3-4H,5H2,1-2H3. The van der Waals surface area contributed by atoms with Crippen molar-refractivity contribution in [2.75, 3.05) is 7.05 Å². The van der Waals surface area contributed by atoms with Crippen LogP contribution in [0.1, 0.15) is 11.7 Å². The van der Waals surface area contributed by atoms with Crippen LogP contribution in [0.3, 0.4) is 0 Å². The van der Waals surface area contributed by atoms with Crippen LogP contribution in [-0.2, 0) is 16.6 Å². The lowest BCUT2D eigenvalue weighted by molar-refractivity contribution is 0.335. The Balaban J connectivity index is 2.20. The highest BCUT2D eigenvalue weighted by Gasteiger charge is 2.24. The molecule has 2 aromatic rings. The highest BCUT2D eigenvalue weighted by molar-refractivity contribution is 9.11. The first-order valence-electron chi connectivity index (χ1n) is 4.90. The number of rotatable bonds is 4. The Bertz CT molecular complexity index is 650. The highest BCUT2D eigenvalue weighted by Crippen LogP contribution is 2.28. The fourth-order valence-corrected chi connectivity index (χ4v) is 4.61. The normalized spacial score (nSPS) is 12.2. The summed E-state index contributed by atoms with van der Waals surface area (Å²) in [5, 5.41) is 3.62. The zero-order valence-electron chi connectivity index (χ0n) is 9.62. The summed E-state index contributed by atoms with van der Waals surface area (Å²) in [5.41, 5.74) is 0. The summed E-state index contributed by atoms with van der Waals surface area (Å²) in [6, 6.07) is 3.25. The van der Waals surface area contributed by atoms with E-state index in [0.29, 0.717) is 5.82 Å². The van der Waals surface area contributed by atoms with Gasteiger partial charge in [0, 0.05) is 7.05 Å². The SMILES string of the molecule is Cc1noc(CN(C)S(=O)(=O)c2ccc(Br)s2)n1. The molecule has 0 aromatic carbocycles. The van der Waals surface area contributed by atoms with Crippen LogP contribution in [0, 0.1) is 6.92 Å². The van der Waals surface area contributed by atoms with Crippen molar-refractivity contribution in [1.82, 2.24) is 14.4 Å². The largest absolute Gasteiger partial charge is 0.338 e. The van der Waals surface area contributed by atoms with Gasteiger partial charge in [0.15, 0.2) is 5.82 Å². The Kier molecular flexibility index (Phi) is 3.85. The molecular weight excluding hydrogens is 342 g/mol. The van der Waals surface area contributed by atoms with Gasteiger partial charge in [-0.25, -0.2) is 8.42 Å². The summed E-state index contributed by atoms with van der Waals surface area (Å²) >= 11 is 4.40. The molecule has 0 amide bonds. The molecule has 0 N–H and O–H groups in total. The first-order valence-corrected chi connectivity index (χ1v) is 7.95. The topological polar surface area (TPSA) is 76.3 Å². The molecule has 0 saturated carbocycles. The molecule has 9 heteroatoms. The Hall–Kier alpha value is -0.770. The number of nitrogens with zero attached hydrogens (tertiary/aromatic N) is 3. The fraction of sp³-hybridized carbons (Fsp3) is 0.333. The summed E-state index contributed by atoms with van der Waals surface area (Å²) < 4.78 is 31.5. The Morgan fingerprint density at radius 1 is 1.50 bits per heavy atom. The Labute approximate surface area is 117 Å². The van der Waals surface area contributed by atoms with Gasteiger partial charge in [0.2, 0.25) is 5.89 Å². The van der Waals surface area contributed by atoms with Gasteiger partial charge in [-0.2, -0.15) is 9.29 Å². The predicted molar refractivity (Wildman–Crippen MR) is 69.7 cm³/mol. The fourth-order valence-electron chi connectivity index (χ4n) is 1.27. The number of hydrogen-bond donors (Lipinski definition) is 0. The molecule has 0 radical (unpaired) electrons. The summed E-state index contributed by atoms with van der Waals surface area (Å²) in [7, 11) is -2.04. The number of aromatic nitrogens is 2. The molecule has 0 spiro atoms. The molecule has 0 saturated heterocycles. The van der Waals surface area contributed by atoms with E-state index in [4.69, 9.17) is 4.52 Å². The maximum absolute atomic E-state index is 12.2. The third-order valence-corrected chi connectivity index (χ3v) is 6.04. The molecule has 0 bridgehead atoms. The van der Waals surface area contributed by atoms with Crippen molar-refractivity contribution >= 4 is 37.3 Å². The summed E-state index contributed by atoms with van der Waals surface area (Å²) in [4.78, 5) is 3.97. The number of thiophene rings is 1. The molecule has 6 nitrogen and oxygen atoms in total. The van der Waals surface area contributed by atoms with Crippen molar-refractivity contribution in [2.24, 2.45) is 0 Å². The van der Waals surface area contributed by atoms with Crippen LogP contribution in [0.2, 0.25) is 0 Å². The molecule has 0 aliphatic rings. The molecule has 2 aromatic heterocycles. The molecule has 2 rings (SSSR count). The third kappa shape index (κ3) is 2.79. The van der Waals surface area contributed by atoms with E-state index in [0.717, 1.165) is 15.1 Å². The van der Waals surface area contributed by atoms with Gasteiger partial charge in [-0.3, -0.25) is 0 Å². The van der Waals surface area contributed by atoms with Gasteiger partial charge in [-0.15, -0.1) is 11.3 Å². The zero-order valence-corrected chi connectivity index (χ0v) is 12.8. The molecular formula is C9H10BrN3O3S2. The first-order chi connectivity index (χ1) is 8.39. The average Bonchev–Trinajstić information content (AvgIpc) is 2.88. The minimum absolute atomic E-state index is 0.0543. The van der Waals surface area contributed by atoms with E-state index in [9.17, 15) is 8.42 Å².